The summed E-state index contributed by atoms with van der Waals surface area (Å²) < 4.78 is 45.5. The molecule has 26 heavy (non-hydrogen) atoms. The molecule has 0 saturated heterocycles. The number of aromatic nitrogens is 1. The number of primary amides is 1. The van der Waals surface area contributed by atoms with Crippen molar-refractivity contribution < 1.29 is 22.7 Å². The molecule has 0 aliphatic carbocycles. The van der Waals surface area contributed by atoms with E-state index >= 15 is 0 Å². The topological polar surface area (TPSA) is 57.3 Å². The fraction of sp³-hybridized carbons (Fsp3) is 0.118. The van der Waals surface area contributed by atoms with Crippen molar-refractivity contribution in [3.63, 3.8) is 0 Å². The van der Waals surface area contributed by atoms with Gasteiger partial charge in [0.2, 0.25) is 0 Å². The fourth-order valence-electron chi connectivity index (χ4n) is 2.51. The van der Waals surface area contributed by atoms with Crippen molar-refractivity contribution in [2.45, 2.75) is 6.18 Å². The van der Waals surface area contributed by atoms with E-state index in [0.29, 0.717) is 11.3 Å². The minimum atomic E-state index is -4.56. The maximum absolute atomic E-state index is 12.9. The lowest BCUT2D eigenvalue weighted by Gasteiger charge is -2.14. The highest BCUT2D eigenvalue weighted by atomic mass is 35.5. The molecule has 0 fully saturated rings. The number of ether oxygens (including phenoxy) is 1. The summed E-state index contributed by atoms with van der Waals surface area (Å²) in [6, 6.07) is 8.38. The van der Waals surface area contributed by atoms with E-state index in [2.05, 4.69) is 0 Å². The molecule has 2 aromatic carbocycles. The molecule has 9 heteroatoms. The molecular formula is C17H11Cl2F3N2O2. The van der Waals surface area contributed by atoms with Crippen LogP contribution in [0.3, 0.4) is 0 Å². The number of amides is 1. The van der Waals surface area contributed by atoms with Gasteiger partial charge >= 0.3 is 6.18 Å². The molecule has 0 unspecified atom stereocenters. The van der Waals surface area contributed by atoms with Crippen LogP contribution in [0.15, 0.2) is 42.6 Å². The fourth-order valence-corrected chi connectivity index (χ4v) is 3.18. The van der Waals surface area contributed by atoms with Crippen molar-refractivity contribution >= 4 is 40.0 Å². The maximum Gasteiger partial charge on any atom is 0.416 e. The van der Waals surface area contributed by atoms with Crippen LogP contribution in [-0.2, 0) is 11.0 Å². The zero-order chi connectivity index (χ0) is 19.1. The molecule has 136 valence electrons. The number of fused-ring (bicyclic) bond motifs is 1. The average molecular weight is 403 g/mol. The number of benzene rings is 2. The molecule has 1 amide bonds. The van der Waals surface area contributed by atoms with Crippen LogP contribution in [0.4, 0.5) is 13.2 Å². The standard InChI is InChI=1S/C17H11Cl2F3N2O2/c18-12-5-10(17(20,21)22)6-13(19)16(12)24-4-3-9-1-2-11(7-14(9)24)26-8-15(23)25/h1-7H,8H2,(H2,23,25). The lowest BCUT2D eigenvalue weighted by atomic mass is 10.2. The zero-order valence-corrected chi connectivity index (χ0v) is 14.5. The number of nitrogens with two attached hydrogens (primary N) is 1. The van der Waals surface area contributed by atoms with Crippen molar-refractivity contribution in [3.8, 4) is 11.4 Å². The number of hydrogen-bond donors (Lipinski definition) is 1. The number of hydrogen-bond acceptors (Lipinski definition) is 2. The molecule has 4 nitrogen and oxygen atoms in total. The van der Waals surface area contributed by atoms with E-state index < -0.39 is 17.6 Å². The lowest BCUT2D eigenvalue weighted by molar-refractivity contribution is -0.137. The third-order valence-corrected chi connectivity index (χ3v) is 4.21. The van der Waals surface area contributed by atoms with Gasteiger partial charge in [-0.05, 0) is 30.3 Å². The van der Waals surface area contributed by atoms with Gasteiger partial charge in [-0.1, -0.05) is 23.2 Å². The first-order chi connectivity index (χ1) is 12.2. The number of carbonyl (C=O) groups is 1. The maximum atomic E-state index is 12.9. The van der Waals surface area contributed by atoms with Gasteiger partial charge in [-0.2, -0.15) is 13.2 Å². The molecule has 3 aromatic rings. The minimum absolute atomic E-state index is 0.147. The molecular weight excluding hydrogens is 392 g/mol. The first-order valence-corrected chi connectivity index (χ1v) is 8.01. The third-order valence-electron chi connectivity index (χ3n) is 3.63. The highest BCUT2D eigenvalue weighted by molar-refractivity contribution is 6.38. The molecule has 0 aliphatic heterocycles. The Kier molecular flexibility index (Phi) is 4.77. The summed E-state index contributed by atoms with van der Waals surface area (Å²) in [5.74, 6) is -0.260. The average Bonchev–Trinajstić information content (AvgIpc) is 2.94. The molecule has 0 spiro atoms. The van der Waals surface area contributed by atoms with E-state index in [9.17, 15) is 18.0 Å². The highest BCUT2D eigenvalue weighted by Gasteiger charge is 2.32. The van der Waals surface area contributed by atoms with Crippen LogP contribution in [0.1, 0.15) is 5.56 Å². The van der Waals surface area contributed by atoms with E-state index in [1.54, 1.807) is 35.0 Å². The largest absolute Gasteiger partial charge is 0.484 e. The summed E-state index contributed by atoms with van der Waals surface area (Å²) in [7, 11) is 0. The Labute approximate surface area is 155 Å². The molecule has 0 bridgehead atoms. The van der Waals surface area contributed by atoms with Crippen LogP contribution in [0.5, 0.6) is 5.75 Å². The normalized spacial score (nSPS) is 11.7. The Morgan fingerprint density at radius 2 is 1.77 bits per heavy atom. The van der Waals surface area contributed by atoms with E-state index in [1.165, 1.54) is 0 Å². The minimum Gasteiger partial charge on any atom is -0.484 e. The molecule has 2 N–H and O–H groups in total. The summed E-state index contributed by atoms with van der Waals surface area (Å²) in [6.07, 6.45) is -2.93. The van der Waals surface area contributed by atoms with Gasteiger partial charge in [0, 0.05) is 17.6 Å². The molecule has 0 radical (unpaired) electrons. The quantitative estimate of drug-likeness (QED) is 0.679. The van der Waals surface area contributed by atoms with E-state index in [4.69, 9.17) is 33.7 Å². The molecule has 1 heterocycles. The van der Waals surface area contributed by atoms with Crippen LogP contribution < -0.4 is 10.5 Å². The van der Waals surface area contributed by atoms with Crippen molar-refractivity contribution in [1.29, 1.82) is 0 Å². The van der Waals surface area contributed by atoms with Crippen LogP contribution in [0, 0.1) is 0 Å². The van der Waals surface area contributed by atoms with Crippen LogP contribution in [-0.4, -0.2) is 17.1 Å². The number of halogens is 5. The Bertz CT molecular complexity index is 976. The first kappa shape index (κ1) is 18.4. The monoisotopic (exact) mass is 402 g/mol. The molecule has 0 saturated carbocycles. The predicted molar refractivity (Wildman–Crippen MR) is 93.0 cm³/mol. The Hall–Kier alpha value is -2.38. The first-order valence-electron chi connectivity index (χ1n) is 7.25. The van der Waals surface area contributed by atoms with Gasteiger partial charge in [0.15, 0.2) is 6.61 Å². The SMILES string of the molecule is NC(=O)COc1ccc2ccn(-c3c(Cl)cc(C(F)(F)F)cc3Cl)c2c1. The molecule has 0 aliphatic rings. The zero-order valence-electron chi connectivity index (χ0n) is 13.0. The van der Waals surface area contributed by atoms with Crippen LogP contribution in [0.25, 0.3) is 16.6 Å². The number of rotatable bonds is 4. The number of carbonyl (C=O) groups excluding carboxylic acids is 1. The van der Waals surface area contributed by atoms with Gasteiger partial charge < -0.3 is 15.0 Å². The van der Waals surface area contributed by atoms with Crippen molar-refractivity contribution in [3.05, 3.63) is 58.2 Å². The molecule has 3 rings (SSSR count). The van der Waals surface area contributed by atoms with E-state index in [-0.39, 0.29) is 22.3 Å². The summed E-state index contributed by atoms with van der Waals surface area (Å²) in [5.41, 5.74) is 4.92. The Morgan fingerprint density at radius 1 is 1.12 bits per heavy atom. The van der Waals surface area contributed by atoms with Gasteiger partial charge in [0.05, 0.1) is 26.8 Å². The third kappa shape index (κ3) is 3.59. The van der Waals surface area contributed by atoms with E-state index in [1.807, 2.05) is 0 Å². The Morgan fingerprint density at radius 3 is 2.35 bits per heavy atom. The van der Waals surface area contributed by atoms with Gasteiger partial charge in [-0.3, -0.25) is 4.79 Å². The number of alkyl halides is 3. The van der Waals surface area contributed by atoms with Crippen molar-refractivity contribution in [2.75, 3.05) is 6.61 Å². The smallest absolute Gasteiger partial charge is 0.416 e. The molecule has 0 atom stereocenters. The van der Waals surface area contributed by atoms with Gasteiger partial charge in [0.25, 0.3) is 5.91 Å². The molecule has 1 aromatic heterocycles. The summed E-state index contributed by atoms with van der Waals surface area (Å²) in [6.45, 7) is -0.298. The summed E-state index contributed by atoms with van der Waals surface area (Å²) >= 11 is 12.2. The van der Waals surface area contributed by atoms with Crippen LogP contribution in [0.2, 0.25) is 10.0 Å². The summed E-state index contributed by atoms with van der Waals surface area (Å²) in [5, 5.41) is 0.486. The van der Waals surface area contributed by atoms with Gasteiger partial charge in [0.1, 0.15) is 5.75 Å². The van der Waals surface area contributed by atoms with Gasteiger partial charge in [-0.15, -0.1) is 0 Å². The second kappa shape index (κ2) is 6.74. The number of nitrogens with zero attached hydrogens (tertiary/aromatic N) is 1. The van der Waals surface area contributed by atoms with Crippen molar-refractivity contribution in [1.82, 2.24) is 4.57 Å². The summed E-state index contributed by atoms with van der Waals surface area (Å²) in [4.78, 5) is 10.8. The van der Waals surface area contributed by atoms with E-state index in [0.717, 1.165) is 17.5 Å². The second-order valence-electron chi connectivity index (χ2n) is 5.45. The highest BCUT2D eigenvalue weighted by Crippen LogP contribution is 2.39. The van der Waals surface area contributed by atoms with Crippen LogP contribution >= 0.6 is 23.2 Å². The van der Waals surface area contributed by atoms with Gasteiger partial charge in [-0.25, -0.2) is 0 Å². The predicted octanol–water partition coefficient (Wildman–Crippen LogP) is 4.82. The van der Waals surface area contributed by atoms with Crippen molar-refractivity contribution in [2.24, 2.45) is 5.73 Å². The lowest BCUT2D eigenvalue weighted by Crippen LogP contribution is -2.19. The second-order valence-corrected chi connectivity index (χ2v) is 6.26. The Balaban J connectivity index is 2.10.